The average Bonchev–Trinajstić information content (AvgIpc) is 3.37. The zero-order valence-electron chi connectivity index (χ0n) is 17.6. The number of carboxylic acid groups (broad SMARTS) is 1. The lowest BCUT2D eigenvalue weighted by Crippen LogP contribution is -2.22. The largest absolute Gasteiger partial charge is 0.483 e. The van der Waals surface area contributed by atoms with Gasteiger partial charge < -0.3 is 19.3 Å². The molecule has 164 valence electrons. The monoisotopic (exact) mass is 433 g/mol. The lowest BCUT2D eigenvalue weighted by atomic mass is 9.92. The van der Waals surface area contributed by atoms with Crippen molar-refractivity contribution in [1.82, 2.24) is 19.7 Å². The molecule has 1 aliphatic rings. The van der Waals surface area contributed by atoms with Crippen LogP contribution >= 0.6 is 0 Å². The summed E-state index contributed by atoms with van der Waals surface area (Å²) in [6.07, 6.45) is 5.49. The molecule has 5 rings (SSSR count). The van der Waals surface area contributed by atoms with Gasteiger partial charge in [-0.3, -0.25) is 9.78 Å². The molecule has 0 bridgehead atoms. The van der Waals surface area contributed by atoms with E-state index in [1.165, 1.54) is 0 Å². The molecule has 2 N–H and O–H groups in total. The number of aliphatic hydroxyl groups is 1. The van der Waals surface area contributed by atoms with Gasteiger partial charge in [-0.25, -0.2) is 9.83 Å². The van der Waals surface area contributed by atoms with Crippen molar-refractivity contribution in [3.8, 4) is 0 Å². The number of benzene rings is 1. The molecule has 1 aromatic carbocycles. The maximum Gasteiger partial charge on any atom is 0.290 e. The quantitative estimate of drug-likeness (QED) is 0.367. The predicted molar refractivity (Wildman–Crippen MR) is 118 cm³/mol. The van der Waals surface area contributed by atoms with Gasteiger partial charge in [0.1, 0.15) is 17.1 Å². The summed E-state index contributed by atoms with van der Waals surface area (Å²) in [4.78, 5) is 21.4. The molecule has 3 heterocycles. The SMILES string of the molecule is O=CO.[C-]#[N+]c1ccc2ncc3nc(Cc4cc(C)on4)n(C4CCC(O)CC4)c3c2c1. The first-order valence-electron chi connectivity index (χ1n) is 10.4. The Morgan fingerprint density at radius 1 is 1.25 bits per heavy atom. The van der Waals surface area contributed by atoms with E-state index in [4.69, 9.17) is 26.0 Å². The molecule has 4 aromatic rings. The minimum atomic E-state index is -0.250. The van der Waals surface area contributed by atoms with E-state index in [1.807, 2.05) is 25.1 Å². The topological polar surface area (TPSA) is 119 Å². The summed E-state index contributed by atoms with van der Waals surface area (Å²) < 4.78 is 7.54. The molecular weight excluding hydrogens is 410 g/mol. The number of fused-ring (bicyclic) bond motifs is 3. The fourth-order valence-corrected chi connectivity index (χ4v) is 4.38. The van der Waals surface area contributed by atoms with Gasteiger partial charge in [-0.05, 0) is 44.7 Å². The molecule has 9 nitrogen and oxygen atoms in total. The van der Waals surface area contributed by atoms with Crippen molar-refractivity contribution in [2.24, 2.45) is 0 Å². The van der Waals surface area contributed by atoms with Crippen molar-refractivity contribution in [2.45, 2.75) is 51.2 Å². The molecule has 0 aliphatic heterocycles. The van der Waals surface area contributed by atoms with E-state index in [1.54, 1.807) is 12.3 Å². The number of aliphatic hydroxyl groups excluding tert-OH is 1. The molecule has 0 spiro atoms. The Hall–Kier alpha value is -3.77. The first kappa shape index (κ1) is 21.5. The summed E-state index contributed by atoms with van der Waals surface area (Å²) in [6, 6.07) is 7.77. The van der Waals surface area contributed by atoms with Crippen LogP contribution in [0.1, 0.15) is 49.0 Å². The number of pyridine rings is 1. The third-order valence-electron chi connectivity index (χ3n) is 5.75. The Labute approximate surface area is 184 Å². The van der Waals surface area contributed by atoms with Gasteiger partial charge in [0.15, 0.2) is 5.69 Å². The molecule has 9 heteroatoms. The highest BCUT2D eigenvalue weighted by atomic mass is 16.5. The lowest BCUT2D eigenvalue weighted by molar-refractivity contribution is -0.122. The van der Waals surface area contributed by atoms with Crippen LogP contribution in [0.4, 0.5) is 5.69 Å². The standard InChI is InChI=1S/C22H21N5O2.CH2O2/c1-13-9-15(26-29-13)11-21-25-20-12-24-19-8-3-14(23-2)10-18(19)22(20)27(21)16-4-6-17(28)7-5-16;2-1-3/h3,8-10,12,16-17,28H,4-7,11H2,1H3;1H,(H,2,3). The number of hydrogen-bond acceptors (Lipinski definition) is 6. The van der Waals surface area contributed by atoms with Crippen molar-refractivity contribution in [2.75, 3.05) is 0 Å². The van der Waals surface area contributed by atoms with E-state index >= 15 is 0 Å². The van der Waals surface area contributed by atoms with Crippen molar-refractivity contribution < 1.29 is 19.5 Å². The Morgan fingerprint density at radius 2 is 2.00 bits per heavy atom. The highest BCUT2D eigenvalue weighted by molar-refractivity contribution is 6.03. The van der Waals surface area contributed by atoms with Gasteiger partial charge in [0.05, 0.1) is 42.0 Å². The molecule has 0 saturated heterocycles. The highest BCUT2D eigenvalue weighted by Gasteiger charge is 2.26. The molecule has 0 atom stereocenters. The van der Waals surface area contributed by atoms with Gasteiger partial charge in [-0.15, -0.1) is 0 Å². The molecule has 0 radical (unpaired) electrons. The minimum absolute atomic E-state index is 0.227. The smallest absolute Gasteiger partial charge is 0.290 e. The number of hydrogen-bond donors (Lipinski definition) is 2. The fourth-order valence-electron chi connectivity index (χ4n) is 4.38. The maximum absolute atomic E-state index is 9.99. The number of aromatic nitrogens is 4. The van der Waals surface area contributed by atoms with Crippen LogP contribution in [0.3, 0.4) is 0 Å². The van der Waals surface area contributed by atoms with Crippen LogP contribution in [0, 0.1) is 13.5 Å². The molecular formula is C23H23N5O4. The Bertz CT molecular complexity index is 1300. The van der Waals surface area contributed by atoms with Crippen LogP contribution in [-0.2, 0) is 11.2 Å². The molecule has 3 aromatic heterocycles. The Balaban J connectivity index is 0.000000775. The van der Waals surface area contributed by atoms with Gasteiger partial charge >= 0.3 is 0 Å². The van der Waals surface area contributed by atoms with Gasteiger partial charge in [0.25, 0.3) is 6.47 Å². The van der Waals surface area contributed by atoms with Gasteiger partial charge in [0.2, 0.25) is 0 Å². The van der Waals surface area contributed by atoms with Crippen LogP contribution in [-0.4, -0.2) is 42.5 Å². The number of nitrogens with zero attached hydrogens (tertiary/aromatic N) is 5. The fraction of sp³-hybridized carbons (Fsp3) is 0.348. The minimum Gasteiger partial charge on any atom is -0.483 e. The Kier molecular flexibility index (Phi) is 6.14. The molecule has 32 heavy (non-hydrogen) atoms. The Morgan fingerprint density at radius 3 is 2.66 bits per heavy atom. The third kappa shape index (κ3) is 4.18. The normalized spacial score (nSPS) is 18.2. The molecule has 0 amide bonds. The summed E-state index contributed by atoms with van der Waals surface area (Å²) in [6.45, 7) is 9.02. The van der Waals surface area contributed by atoms with E-state index in [-0.39, 0.29) is 18.6 Å². The second kappa shape index (κ2) is 9.16. The molecule has 1 saturated carbocycles. The highest BCUT2D eigenvalue weighted by Crippen LogP contribution is 2.36. The van der Waals surface area contributed by atoms with E-state index < -0.39 is 0 Å². The first-order valence-corrected chi connectivity index (χ1v) is 10.4. The number of aryl methyl sites for hydroxylation is 1. The average molecular weight is 433 g/mol. The van der Waals surface area contributed by atoms with Crippen molar-refractivity contribution >= 4 is 34.1 Å². The van der Waals surface area contributed by atoms with Crippen molar-refractivity contribution in [3.05, 3.63) is 59.2 Å². The van der Waals surface area contributed by atoms with Crippen LogP contribution < -0.4 is 0 Å². The maximum atomic E-state index is 9.99. The second-order valence-electron chi connectivity index (χ2n) is 7.88. The predicted octanol–water partition coefficient (Wildman–Crippen LogP) is 4.20. The van der Waals surface area contributed by atoms with Crippen LogP contribution in [0.15, 0.2) is 35.0 Å². The first-order chi connectivity index (χ1) is 15.5. The summed E-state index contributed by atoms with van der Waals surface area (Å²) in [5.41, 5.74) is 4.12. The van der Waals surface area contributed by atoms with E-state index in [0.29, 0.717) is 12.1 Å². The van der Waals surface area contributed by atoms with Gasteiger partial charge in [-0.2, -0.15) is 0 Å². The van der Waals surface area contributed by atoms with Crippen molar-refractivity contribution in [3.63, 3.8) is 0 Å². The molecule has 1 fully saturated rings. The van der Waals surface area contributed by atoms with E-state index in [0.717, 1.165) is 64.9 Å². The zero-order chi connectivity index (χ0) is 22.7. The van der Waals surface area contributed by atoms with Gasteiger partial charge in [0, 0.05) is 17.5 Å². The van der Waals surface area contributed by atoms with Crippen LogP contribution in [0.5, 0.6) is 0 Å². The molecule has 0 unspecified atom stereocenters. The summed E-state index contributed by atoms with van der Waals surface area (Å²) >= 11 is 0. The number of rotatable bonds is 3. The van der Waals surface area contributed by atoms with Crippen molar-refractivity contribution in [1.29, 1.82) is 0 Å². The zero-order valence-corrected chi connectivity index (χ0v) is 17.6. The number of imidazole rings is 1. The molecule has 1 aliphatic carbocycles. The summed E-state index contributed by atoms with van der Waals surface area (Å²) in [7, 11) is 0. The van der Waals surface area contributed by atoms with Crippen LogP contribution in [0.25, 0.3) is 26.8 Å². The second-order valence-corrected chi connectivity index (χ2v) is 7.88. The third-order valence-corrected chi connectivity index (χ3v) is 5.75. The van der Waals surface area contributed by atoms with E-state index in [9.17, 15) is 5.11 Å². The lowest BCUT2D eigenvalue weighted by Gasteiger charge is -2.28. The van der Waals surface area contributed by atoms with E-state index in [2.05, 4.69) is 19.6 Å². The summed E-state index contributed by atoms with van der Waals surface area (Å²) in [5, 5.41) is 22.0. The summed E-state index contributed by atoms with van der Waals surface area (Å²) in [5.74, 6) is 1.69. The number of carbonyl (C=O) groups is 1. The van der Waals surface area contributed by atoms with Crippen LogP contribution in [0.2, 0.25) is 0 Å². The van der Waals surface area contributed by atoms with Gasteiger partial charge in [-0.1, -0.05) is 11.2 Å².